The predicted molar refractivity (Wildman–Crippen MR) is 127 cm³/mol. The highest BCUT2D eigenvalue weighted by atomic mass is 19.4. The first-order valence-corrected chi connectivity index (χ1v) is 12.0. The Bertz CT molecular complexity index is 1270. The van der Waals surface area contributed by atoms with Gasteiger partial charge in [0.25, 0.3) is 0 Å². The number of rotatable bonds is 7. The van der Waals surface area contributed by atoms with Crippen molar-refractivity contribution < 1.29 is 32.5 Å². The second-order valence-corrected chi connectivity index (χ2v) is 9.12. The normalized spacial score (nSPS) is 20.0. The van der Waals surface area contributed by atoms with Crippen LogP contribution in [0.2, 0.25) is 0 Å². The van der Waals surface area contributed by atoms with Crippen LogP contribution in [-0.4, -0.2) is 72.3 Å². The molecule has 0 radical (unpaired) electrons. The zero-order valence-electron chi connectivity index (χ0n) is 20.3. The second kappa shape index (κ2) is 10.4. The summed E-state index contributed by atoms with van der Waals surface area (Å²) in [7, 11) is 1.78. The Kier molecular flexibility index (Phi) is 7.01. The lowest BCUT2D eigenvalue weighted by Gasteiger charge is -2.34. The number of nitrogens with zero attached hydrogens (tertiary/aromatic N) is 7. The van der Waals surface area contributed by atoms with Crippen LogP contribution < -0.4 is 15.0 Å². The number of halogens is 3. The topological polar surface area (TPSA) is 140 Å². The van der Waals surface area contributed by atoms with Crippen molar-refractivity contribution in [2.45, 2.75) is 50.0 Å². The minimum Gasteiger partial charge on any atom is -0.469 e. The SMILES string of the molecule is Cn1ccc(-c2cnc(N(C(=O)O)[C@H]3CC[C@H](Nc4ncc(C(F)(F)F)c(OC5COC5)n4)CC3)cn2)n1. The van der Waals surface area contributed by atoms with Crippen molar-refractivity contribution in [3.63, 3.8) is 0 Å². The number of amides is 1. The lowest BCUT2D eigenvalue weighted by molar-refractivity contribution is -0.142. The van der Waals surface area contributed by atoms with Gasteiger partial charge in [-0.15, -0.1) is 0 Å². The van der Waals surface area contributed by atoms with E-state index >= 15 is 0 Å². The quantitative estimate of drug-likeness (QED) is 0.464. The van der Waals surface area contributed by atoms with Gasteiger partial charge >= 0.3 is 12.3 Å². The molecule has 5 rings (SSSR count). The van der Waals surface area contributed by atoms with Crippen molar-refractivity contribution in [1.82, 2.24) is 29.7 Å². The summed E-state index contributed by atoms with van der Waals surface area (Å²) in [6.45, 7) is 0.398. The first-order valence-electron chi connectivity index (χ1n) is 12.0. The number of nitrogens with one attached hydrogen (secondary N) is 1. The van der Waals surface area contributed by atoms with Gasteiger partial charge in [-0.1, -0.05) is 0 Å². The summed E-state index contributed by atoms with van der Waals surface area (Å²) >= 11 is 0. The van der Waals surface area contributed by atoms with E-state index in [9.17, 15) is 23.1 Å². The maximum Gasteiger partial charge on any atom is 0.423 e. The number of aryl methyl sites for hydroxylation is 1. The molecule has 38 heavy (non-hydrogen) atoms. The summed E-state index contributed by atoms with van der Waals surface area (Å²) in [6, 6.07) is 1.28. The molecule has 2 aliphatic rings. The van der Waals surface area contributed by atoms with Gasteiger partial charge in [-0.25, -0.2) is 19.7 Å². The average molecular weight is 534 g/mol. The van der Waals surface area contributed by atoms with Crippen molar-refractivity contribution in [2.75, 3.05) is 23.4 Å². The van der Waals surface area contributed by atoms with Gasteiger partial charge < -0.3 is 19.9 Å². The van der Waals surface area contributed by atoms with Gasteiger partial charge in [-0.05, 0) is 31.7 Å². The van der Waals surface area contributed by atoms with Crippen LogP contribution in [0.25, 0.3) is 11.4 Å². The summed E-state index contributed by atoms with van der Waals surface area (Å²) in [5.74, 6) is -0.314. The lowest BCUT2D eigenvalue weighted by Crippen LogP contribution is -2.44. The van der Waals surface area contributed by atoms with Crippen molar-refractivity contribution in [3.05, 3.63) is 36.4 Å². The van der Waals surface area contributed by atoms with Crippen molar-refractivity contribution in [1.29, 1.82) is 0 Å². The fourth-order valence-corrected chi connectivity index (χ4v) is 4.39. The Morgan fingerprint density at radius 2 is 1.89 bits per heavy atom. The van der Waals surface area contributed by atoms with Gasteiger partial charge in [-0.3, -0.25) is 9.58 Å². The monoisotopic (exact) mass is 534 g/mol. The van der Waals surface area contributed by atoms with Gasteiger partial charge in [0.15, 0.2) is 5.82 Å². The summed E-state index contributed by atoms with van der Waals surface area (Å²) in [5, 5.41) is 17.2. The Hall–Kier alpha value is -4.01. The molecule has 1 amide bonds. The smallest absolute Gasteiger partial charge is 0.423 e. The third-order valence-electron chi connectivity index (χ3n) is 6.41. The van der Waals surface area contributed by atoms with E-state index in [0.717, 1.165) is 0 Å². The largest absolute Gasteiger partial charge is 0.469 e. The highest BCUT2D eigenvalue weighted by Gasteiger charge is 2.38. The fraction of sp³-hybridized carbons (Fsp3) is 0.478. The molecule has 4 heterocycles. The molecular weight excluding hydrogens is 509 g/mol. The first kappa shape index (κ1) is 25.6. The van der Waals surface area contributed by atoms with E-state index in [1.807, 2.05) is 0 Å². The molecular formula is C23H25F3N8O4. The van der Waals surface area contributed by atoms with Crippen LogP contribution in [0.4, 0.5) is 29.7 Å². The molecule has 0 bridgehead atoms. The molecule has 0 spiro atoms. The molecule has 3 aromatic rings. The van der Waals surface area contributed by atoms with Crippen LogP contribution in [0.15, 0.2) is 30.9 Å². The minimum absolute atomic E-state index is 0.0164. The van der Waals surface area contributed by atoms with Crippen molar-refractivity contribution in [3.8, 4) is 17.3 Å². The van der Waals surface area contributed by atoms with Crippen LogP contribution in [0.1, 0.15) is 31.2 Å². The number of ether oxygens (including phenoxy) is 2. The van der Waals surface area contributed by atoms with Crippen LogP contribution >= 0.6 is 0 Å². The molecule has 0 atom stereocenters. The standard InChI is InChI=1S/C23H25F3N8O4/c1-33-7-6-17(32-33)18-9-28-19(10-27-18)34(22(35)36)14-4-2-13(3-5-14)30-21-29-8-16(23(24,25)26)20(31-21)38-15-11-37-12-15/h6-10,13-15H,2-5,11-12H2,1H3,(H,35,36)(H,29,30,31)/t13-,14-. The zero-order valence-corrected chi connectivity index (χ0v) is 20.3. The van der Waals surface area contributed by atoms with Gasteiger partial charge in [0.1, 0.15) is 23.1 Å². The van der Waals surface area contributed by atoms with Gasteiger partial charge in [0.05, 0.1) is 25.6 Å². The summed E-state index contributed by atoms with van der Waals surface area (Å²) < 4.78 is 52.1. The number of anilines is 2. The highest BCUT2D eigenvalue weighted by Crippen LogP contribution is 2.36. The number of alkyl halides is 3. The Balaban J connectivity index is 1.23. The lowest BCUT2D eigenvalue weighted by atomic mass is 9.90. The number of hydrogen-bond donors (Lipinski definition) is 2. The molecule has 1 saturated heterocycles. The second-order valence-electron chi connectivity index (χ2n) is 9.12. The molecule has 1 aliphatic heterocycles. The van der Waals surface area contributed by atoms with E-state index in [0.29, 0.717) is 43.3 Å². The molecule has 2 fully saturated rings. The molecule has 1 aliphatic carbocycles. The van der Waals surface area contributed by atoms with Gasteiger partial charge in [-0.2, -0.15) is 23.3 Å². The third-order valence-corrected chi connectivity index (χ3v) is 6.41. The van der Waals surface area contributed by atoms with E-state index in [-0.39, 0.29) is 37.1 Å². The molecule has 3 aromatic heterocycles. The molecule has 0 unspecified atom stereocenters. The van der Waals surface area contributed by atoms with Crippen LogP contribution in [0.3, 0.4) is 0 Å². The Morgan fingerprint density at radius 3 is 2.45 bits per heavy atom. The van der Waals surface area contributed by atoms with E-state index in [4.69, 9.17) is 9.47 Å². The Morgan fingerprint density at radius 1 is 1.13 bits per heavy atom. The molecule has 12 nitrogen and oxygen atoms in total. The maximum atomic E-state index is 13.4. The zero-order chi connectivity index (χ0) is 26.9. The number of hydrogen-bond acceptors (Lipinski definition) is 9. The first-order chi connectivity index (χ1) is 18.2. The van der Waals surface area contributed by atoms with Gasteiger partial charge in [0.2, 0.25) is 11.8 Å². The molecule has 2 N–H and O–H groups in total. The van der Waals surface area contributed by atoms with Crippen molar-refractivity contribution >= 4 is 17.9 Å². The van der Waals surface area contributed by atoms with Crippen LogP contribution in [-0.2, 0) is 18.0 Å². The predicted octanol–water partition coefficient (Wildman–Crippen LogP) is 3.37. The number of carboxylic acid groups (broad SMARTS) is 1. The summed E-state index contributed by atoms with van der Waals surface area (Å²) in [5.41, 5.74) is 0.100. The molecule has 1 saturated carbocycles. The van der Waals surface area contributed by atoms with E-state index < -0.39 is 29.8 Å². The Labute approximate surface area is 214 Å². The summed E-state index contributed by atoms with van der Waals surface area (Å²) in [4.78, 5) is 29.7. The fourth-order valence-electron chi connectivity index (χ4n) is 4.39. The number of carbonyl (C=O) groups is 1. The van der Waals surface area contributed by atoms with Crippen molar-refractivity contribution in [2.24, 2.45) is 7.05 Å². The minimum atomic E-state index is -4.66. The van der Waals surface area contributed by atoms with Crippen LogP contribution in [0.5, 0.6) is 5.88 Å². The maximum absolute atomic E-state index is 13.4. The molecule has 15 heteroatoms. The van der Waals surface area contributed by atoms with E-state index in [2.05, 4.69) is 30.4 Å². The number of aromatic nitrogens is 6. The van der Waals surface area contributed by atoms with Gasteiger partial charge in [0, 0.05) is 31.5 Å². The molecule has 202 valence electrons. The third kappa shape index (κ3) is 5.61. The van der Waals surface area contributed by atoms with Crippen LogP contribution in [0, 0.1) is 0 Å². The van der Waals surface area contributed by atoms with E-state index in [1.54, 1.807) is 24.0 Å². The molecule has 0 aromatic carbocycles. The van der Waals surface area contributed by atoms with E-state index in [1.165, 1.54) is 17.3 Å². The average Bonchev–Trinajstić information content (AvgIpc) is 3.28. The summed E-state index contributed by atoms with van der Waals surface area (Å²) in [6.07, 6.45) is 1.17. The highest BCUT2D eigenvalue weighted by molar-refractivity contribution is 5.85.